The number of likely N-dealkylation sites (N-methyl/N-ethyl adjacent to an activating group) is 1. The van der Waals surface area contributed by atoms with Crippen molar-refractivity contribution >= 4 is 33.4 Å². The van der Waals surface area contributed by atoms with Gasteiger partial charge in [-0.3, -0.25) is 9.69 Å². The molecule has 1 N–H and O–H groups in total. The molecule has 0 aliphatic rings. The maximum atomic E-state index is 12.1. The van der Waals surface area contributed by atoms with Crippen molar-refractivity contribution in [1.29, 1.82) is 0 Å². The van der Waals surface area contributed by atoms with Gasteiger partial charge in [0.15, 0.2) is 6.61 Å². The molecular weight excluding hydrogens is 408 g/mol. The van der Waals surface area contributed by atoms with Crippen LogP contribution in [0.25, 0.3) is 0 Å². The number of carbonyl (C=O) groups excluding carboxylic acids is 1. The van der Waals surface area contributed by atoms with Crippen LogP contribution in [0.5, 0.6) is 5.75 Å². The molecule has 0 spiro atoms. The molecule has 7 heteroatoms. The Morgan fingerprint density at radius 1 is 1.36 bits per heavy atom. The van der Waals surface area contributed by atoms with Gasteiger partial charge in [0.1, 0.15) is 11.5 Å². The Morgan fingerprint density at radius 3 is 2.72 bits per heavy atom. The molecule has 136 valence electrons. The summed E-state index contributed by atoms with van der Waals surface area (Å²) < 4.78 is 11.9. The molecule has 1 aromatic carbocycles. The second-order valence-electron chi connectivity index (χ2n) is 5.42. The first-order valence-electron chi connectivity index (χ1n) is 8.17. The Bertz CT molecular complexity index is 675. The number of hydrogen-bond donors (Lipinski definition) is 1. The Morgan fingerprint density at radius 2 is 2.12 bits per heavy atom. The Kier molecular flexibility index (Phi) is 7.81. The highest BCUT2D eigenvalue weighted by Crippen LogP contribution is 2.27. The number of amides is 1. The fraction of sp³-hybridized carbons (Fsp3) is 0.389. The first-order valence-corrected chi connectivity index (χ1v) is 9.34. The molecular formula is C18H22BrClN2O3. The average Bonchev–Trinajstić information content (AvgIpc) is 3.12. The summed E-state index contributed by atoms with van der Waals surface area (Å²) in [4.78, 5) is 14.4. The fourth-order valence-corrected chi connectivity index (χ4v) is 3.28. The molecule has 5 nitrogen and oxygen atoms in total. The van der Waals surface area contributed by atoms with Crippen molar-refractivity contribution in [3.63, 3.8) is 0 Å². The Balaban J connectivity index is 1.90. The molecule has 2 rings (SSSR count). The molecule has 1 amide bonds. The second-order valence-corrected chi connectivity index (χ2v) is 6.74. The van der Waals surface area contributed by atoms with Crippen molar-refractivity contribution in [3.8, 4) is 5.75 Å². The predicted molar refractivity (Wildman–Crippen MR) is 102 cm³/mol. The summed E-state index contributed by atoms with van der Waals surface area (Å²) in [7, 11) is 0. The lowest BCUT2D eigenvalue weighted by atomic mass is 10.2. The molecule has 1 heterocycles. The van der Waals surface area contributed by atoms with E-state index in [4.69, 9.17) is 20.8 Å². The van der Waals surface area contributed by atoms with Crippen LogP contribution in [0.1, 0.15) is 25.6 Å². The molecule has 1 atom stereocenters. The molecule has 2 aromatic rings. The number of nitrogens with zero attached hydrogens (tertiary/aromatic N) is 1. The van der Waals surface area contributed by atoms with Gasteiger partial charge < -0.3 is 14.5 Å². The monoisotopic (exact) mass is 428 g/mol. The molecule has 0 saturated heterocycles. The lowest BCUT2D eigenvalue weighted by Gasteiger charge is -2.28. The smallest absolute Gasteiger partial charge is 0.258 e. The van der Waals surface area contributed by atoms with E-state index in [9.17, 15) is 4.79 Å². The van der Waals surface area contributed by atoms with Gasteiger partial charge in [-0.2, -0.15) is 0 Å². The lowest BCUT2D eigenvalue weighted by molar-refractivity contribution is -0.123. The molecule has 1 unspecified atom stereocenters. The highest BCUT2D eigenvalue weighted by Gasteiger charge is 2.21. The summed E-state index contributed by atoms with van der Waals surface area (Å²) >= 11 is 9.41. The third-order valence-corrected chi connectivity index (χ3v) is 4.66. The zero-order valence-electron chi connectivity index (χ0n) is 14.3. The number of furan rings is 1. The highest BCUT2D eigenvalue weighted by molar-refractivity contribution is 9.10. The minimum atomic E-state index is -0.206. The first kappa shape index (κ1) is 19.8. The molecule has 0 radical (unpaired) electrons. The van der Waals surface area contributed by atoms with Crippen LogP contribution in [-0.2, 0) is 4.79 Å². The van der Waals surface area contributed by atoms with Crippen molar-refractivity contribution in [1.82, 2.24) is 10.2 Å². The van der Waals surface area contributed by atoms with Crippen LogP contribution in [0.3, 0.4) is 0 Å². The van der Waals surface area contributed by atoms with Crippen LogP contribution in [0.2, 0.25) is 5.02 Å². The number of halogens is 2. The number of ether oxygens (including phenoxy) is 1. The Hall–Kier alpha value is -1.50. The summed E-state index contributed by atoms with van der Waals surface area (Å²) in [5.74, 6) is 1.11. The summed E-state index contributed by atoms with van der Waals surface area (Å²) in [6, 6.07) is 9.03. The van der Waals surface area contributed by atoms with Crippen LogP contribution < -0.4 is 10.1 Å². The minimum Gasteiger partial charge on any atom is -0.482 e. The largest absolute Gasteiger partial charge is 0.482 e. The van der Waals surface area contributed by atoms with Crippen LogP contribution >= 0.6 is 27.5 Å². The van der Waals surface area contributed by atoms with E-state index in [1.54, 1.807) is 18.4 Å². The van der Waals surface area contributed by atoms with E-state index in [1.165, 1.54) is 0 Å². The molecule has 0 saturated carbocycles. The van der Waals surface area contributed by atoms with Crippen molar-refractivity contribution < 1.29 is 13.9 Å². The Labute approximate surface area is 161 Å². The minimum absolute atomic E-state index is 0.00906. The standard InChI is InChI=1S/C18H22BrClN2O3/c1-3-22(4-2)15(17-6-5-9-24-17)11-21-18(23)12-25-16-8-7-13(19)10-14(16)20/h5-10,15H,3-4,11-12H2,1-2H3,(H,21,23). The summed E-state index contributed by atoms with van der Waals surface area (Å²) in [6.45, 7) is 6.25. The van der Waals surface area contributed by atoms with Gasteiger partial charge in [0.2, 0.25) is 0 Å². The van der Waals surface area contributed by atoms with E-state index in [2.05, 4.69) is 40.0 Å². The number of nitrogens with one attached hydrogen (secondary N) is 1. The van der Waals surface area contributed by atoms with Crippen LogP contribution in [0.4, 0.5) is 0 Å². The summed E-state index contributed by atoms with van der Waals surface area (Å²) in [5, 5.41) is 3.36. The SMILES string of the molecule is CCN(CC)C(CNC(=O)COc1ccc(Br)cc1Cl)c1ccco1. The summed E-state index contributed by atoms with van der Waals surface area (Å²) in [6.07, 6.45) is 1.65. The zero-order valence-corrected chi connectivity index (χ0v) is 16.6. The maximum absolute atomic E-state index is 12.1. The molecule has 25 heavy (non-hydrogen) atoms. The van der Waals surface area contributed by atoms with E-state index >= 15 is 0 Å². The maximum Gasteiger partial charge on any atom is 0.258 e. The van der Waals surface area contributed by atoms with Crippen molar-refractivity contribution in [2.75, 3.05) is 26.2 Å². The van der Waals surface area contributed by atoms with Crippen molar-refractivity contribution in [3.05, 3.63) is 51.9 Å². The van der Waals surface area contributed by atoms with Gasteiger partial charge >= 0.3 is 0 Å². The van der Waals surface area contributed by atoms with Crippen molar-refractivity contribution in [2.45, 2.75) is 19.9 Å². The average molecular weight is 430 g/mol. The van der Waals surface area contributed by atoms with Gasteiger partial charge in [0.05, 0.1) is 17.3 Å². The molecule has 0 bridgehead atoms. The van der Waals surface area contributed by atoms with Gasteiger partial charge in [0, 0.05) is 11.0 Å². The van der Waals surface area contributed by atoms with Gasteiger partial charge in [0.25, 0.3) is 5.91 Å². The molecule has 0 aliphatic heterocycles. The predicted octanol–water partition coefficient (Wildman–Crippen LogP) is 4.27. The molecule has 1 aromatic heterocycles. The van der Waals surface area contributed by atoms with E-state index < -0.39 is 0 Å². The van der Waals surface area contributed by atoms with Gasteiger partial charge in [-0.15, -0.1) is 0 Å². The zero-order chi connectivity index (χ0) is 18.2. The van der Waals surface area contributed by atoms with Gasteiger partial charge in [-0.05, 0) is 43.4 Å². The third kappa shape index (κ3) is 5.76. The van der Waals surface area contributed by atoms with Crippen LogP contribution in [0.15, 0.2) is 45.5 Å². The quantitative estimate of drug-likeness (QED) is 0.646. The van der Waals surface area contributed by atoms with E-state index in [0.717, 1.165) is 23.3 Å². The van der Waals surface area contributed by atoms with Gasteiger partial charge in [-0.1, -0.05) is 41.4 Å². The van der Waals surface area contributed by atoms with E-state index in [0.29, 0.717) is 17.3 Å². The third-order valence-electron chi connectivity index (χ3n) is 3.87. The number of rotatable bonds is 9. The van der Waals surface area contributed by atoms with Crippen LogP contribution in [0, 0.1) is 0 Å². The van der Waals surface area contributed by atoms with E-state index in [1.807, 2.05) is 18.2 Å². The second kappa shape index (κ2) is 9.85. The normalized spacial score (nSPS) is 12.2. The number of hydrogen-bond acceptors (Lipinski definition) is 4. The number of carbonyl (C=O) groups is 1. The lowest BCUT2D eigenvalue weighted by Crippen LogP contribution is -2.39. The van der Waals surface area contributed by atoms with Gasteiger partial charge in [-0.25, -0.2) is 0 Å². The number of benzene rings is 1. The molecule has 0 fully saturated rings. The van der Waals surface area contributed by atoms with E-state index in [-0.39, 0.29) is 18.6 Å². The highest BCUT2D eigenvalue weighted by atomic mass is 79.9. The molecule has 0 aliphatic carbocycles. The van der Waals surface area contributed by atoms with Crippen LogP contribution in [-0.4, -0.2) is 37.0 Å². The topological polar surface area (TPSA) is 54.7 Å². The first-order chi connectivity index (χ1) is 12.0. The summed E-state index contributed by atoms with van der Waals surface area (Å²) in [5.41, 5.74) is 0. The van der Waals surface area contributed by atoms with Crippen molar-refractivity contribution in [2.24, 2.45) is 0 Å². The fourth-order valence-electron chi connectivity index (χ4n) is 2.55.